The standard InChI is InChI=1S/C16H20FN3O3S/c1-19-11-16(18-12-19)24(21,22)20-8-6-13(10-20)7-9-23-15-5-3-2-4-14(15)17/h2-5,11-13H,6-10H2,1H3. The number of rotatable bonds is 6. The molecule has 130 valence electrons. The molecule has 6 nitrogen and oxygen atoms in total. The highest BCUT2D eigenvalue weighted by Gasteiger charge is 2.33. The number of hydrogen-bond acceptors (Lipinski definition) is 4. The first kappa shape index (κ1) is 16.9. The Labute approximate surface area is 140 Å². The molecular weight excluding hydrogens is 333 g/mol. The number of aryl methyl sites for hydroxylation is 1. The Bertz CT molecular complexity index is 806. The van der Waals surface area contributed by atoms with E-state index in [1.165, 1.54) is 22.9 Å². The van der Waals surface area contributed by atoms with Crippen LogP contribution in [0.4, 0.5) is 4.39 Å². The Hall–Kier alpha value is -1.93. The molecule has 1 unspecified atom stereocenters. The zero-order valence-electron chi connectivity index (χ0n) is 13.4. The number of hydrogen-bond donors (Lipinski definition) is 0. The quantitative estimate of drug-likeness (QED) is 0.797. The summed E-state index contributed by atoms with van der Waals surface area (Å²) in [5, 5.41) is 0.0771. The first-order valence-corrected chi connectivity index (χ1v) is 9.26. The monoisotopic (exact) mass is 353 g/mol. The average molecular weight is 353 g/mol. The Balaban J connectivity index is 1.53. The normalized spacial score (nSPS) is 18.8. The summed E-state index contributed by atoms with van der Waals surface area (Å²) in [6.07, 6.45) is 4.43. The van der Waals surface area contributed by atoms with Crippen molar-refractivity contribution in [3.63, 3.8) is 0 Å². The van der Waals surface area contributed by atoms with Gasteiger partial charge >= 0.3 is 0 Å². The van der Waals surface area contributed by atoms with Gasteiger partial charge in [-0.25, -0.2) is 17.8 Å². The summed E-state index contributed by atoms with van der Waals surface area (Å²) in [5.74, 6) is 0.0481. The summed E-state index contributed by atoms with van der Waals surface area (Å²) in [6.45, 7) is 1.28. The van der Waals surface area contributed by atoms with Crippen LogP contribution in [0.1, 0.15) is 12.8 Å². The highest BCUT2D eigenvalue weighted by atomic mass is 32.2. The van der Waals surface area contributed by atoms with Gasteiger partial charge in [-0.15, -0.1) is 0 Å². The van der Waals surface area contributed by atoms with Crippen molar-refractivity contribution in [2.75, 3.05) is 19.7 Å². The van der Waals surface area contributed by atoms with Crippen molar-refractivity contribution < 1.29 is 17.5 Å². The number of aromatic nitrogens is 2. The largest absolute Gasteiger partial charge is 0.491 e. The lowest BCUT2D eigenvalue weighted by Crippen LogP contribution is -2.29. The van der Waals surface area contributed by atoms with Crippen molar-refractivity contribution >= 4 is 10.0 Å². The van der Waals surface area contributed by atoms with E-state index in [0.717, 1.165) is 6.42 Å². The molecule has 0 aliphatic carbocycles. The SMILES string of the molecule is Cn1cnc(S(=O)(=O)N2CCC(CCOc3ccccc3F)C2)c1. The van der Waals surface area contributed by atoms with Gasteiger partial charge in [-0.1, -0.05) is 12.1 Å². The molecule has 2 aromatic rings. The van der Waals surface area contributed by atoms with E-state index in [4.69, 9.17) is 4.74 Å². The van der Waals surface area contributed by atoms with Gasteiger partial charge in [0.2, 0.25) is 0 Å². The van der Waals surface area contributed by atoms with E-state index in [1.807, 2.05) is 0 Å². The molecule has 0 radical (unpaired) electrons. The Morgan fingerprint density at radius 3 is 2.88 bits per heavy atom. The average Bonchev–Trinajstić information content (AvgIpc) is 3.19. The third-order valence-corrected chi connectivity index (χ3v) is 5.91. The van der Waals surface area contributed by atoms with E-state index in [0.29, 0.717) is 26.1 Å². The minimum atomic E-state index is -3.53. The third kappa shape index (κ3) is 3.59. The minimum Gasteiger partial charge on any atom is -0.491 e. The van der Waals surface area contributed by atoms with E-state index in [2.05, 4.69) is 4.98 Å². The van der Waals surface area contributed by atoms with Gasteiger partial charge in [0.15, 0.2) is 16.6 Å². The maximum absolute atomic E-state index is 13.5. The fourth-order valence-electron chi connectivity index (χ4n) is 2.80. The number of nitrogens with zero attached hydrogens (tertiary/aromatic N) is 3. The molecule has 1 atom stereocenters. The molecule has 8 heteroatoms. The molecule has 0 spiro atoms. The number of para-hydroxylation sites is 1. The van der Waals surface area contributed by atoms with Gasteiger partial charge < -0.3 is 9.30 Å². The molecule has 0 N–H and O–H groups in total. The third-order valence-electron chi connectivity index (χ3n) is 4.15. The summed E-state index contributed by atoms with van der Waals surface area (Å²) in [6, 6.07) is 6.27. The predicted molar refractivity (Wildman–Crippen MR) is 86.6 cm³/mol. The smallest absolute Gasteiger partial charge is 0.262 e. The van der Waals surface area contributed by atoms with Crippen molar-refractivity contribution in [2.45, 2.75) is 17.9 Å². The van der Waals surface area contributed by atoms with Crippen LogP contribution in [-0.4, -0.2) is 42.0 Å². The van der Waals surface area contributed by atoms with Crippen molar-refractivity contribution in [3.05, 3.63) is 42.6 Å². The number of ether oxygens (including phenoxy) is 1. The van der Waals surface area contributed by atoms with Gasteiger partial charge in [0.05, 0.1) is 12.9 Å². The molecule has 1 aromatic carbocycles. The van der Waals surface area contributed by atoms with Crippen molar-refractivity contribution in [2.24, 2.45) is 13.0 Å². The van der Waals surface area contributed by atoms with Crippen LogP contribution >= 0.6 is 0 Å². The van der Waals surface area contributed by atoms with E-state index in [-0.39, 0.29) is 22.5 Å². The second kappa shape index (κ2) is 6.90. The highest BCUT2D eigenvalue weighted by Crippen LogP contribution is 2.26. The zero-order chi connectivity index (χ0) is 17.2. The molecule has 1 aromatic heterocycles. The Morgan fingerprint density at radius 1 is 1.38 bits per heavy atom. The summed E-state index contributed by atoms with van der Waals surface area (Å²) in [4.78, 5) is 3.94. The molecule has 1 aliphatic rings. The van der Waals surface area contributed by atoms with Crippen LogP contribution in [0, 0.1) is 11.7 Å². The van der Waals surface area contributed by atoms with Gasteiger partial charge in [0.1, 0.15) is 0 Å². The van der Waals surface area contributed by atoms with Gasteiger partial charge in [-0.2, -0.15) is 4.31 Å². The fraction of sp³-hybridized carbons (Fsp3) is 0.438. The summed E-state index contributed by atoms with van der Waals surface area (Å²) in [5.41, 5.74) is 0. The molecule has 24 heavy (non-hydrogen) atoms. The van der Waals surface area contributed by atoms with Crippen molar-refractivity contribution in [3.8, 4) is 5.75 Å². The van der Waals surface area contributed by atoms with Crippen molar-refractivity contribution in [1.82, 2.24) is 13.9 Å². The first-order chi connectivity index (χ1) is 11.5. The van der Waals surface area contributed by atoms with Gasteiger partial charge in [0.25, 0.3) is 10.0 Å². The maximum Gasteiger partial charge on any atom is 0.262 e. The number of halogens is 1. The molecule has 0 amide bonds. The van der Waals surface area contributed by atoms with Gasteiger partial charge in [-0.05, 0) is 30.9 Å². The van der Waals surface area contributed by atoms with Crippen LogP contribution in [0.3, 0.4) is 0 Å². The Kier molecular flexibility index (Phi) is 4.86. The highest BCUT2D eigenvalue weighted by molar-refractivity contribution is 7.89. The second-order valence-corrected chi connectivity index (χ2v) is 7.85. The lowest BCUT2D eigenvalue weighted by Gasteiger charge is -2.15. The minimum absolute atomic E-state index is 0.0771. The molecule has 2 heterocycles. The van der Waals surface area contributed by atoms with Crippen LogP contribution in [0.5, 0.6) is 5.75 Å². The zero-order valence-corrected chi connectivity index (χ0v) is 14.2. The fourth-order valence-corrected chi connectivity index (χ4v) is 4.30. The summed E-state index contributed by atoms with van der Waals surface area (Å²) in [7, 11) is -1.80. The molecule has 0 bridgehead atoms. The number of imidazole rings is 1. The molecule has 0 saturated carbocycles. The van der Waals surface area contributed by atoms with E-state index in [9.17, 15) is 12.8 Å². The summed E-state index contributed by atoms with van der Waals surface area (Å²) < 4.78 is 47.0. The molecule has 1 fully saturated rings. The lowest BCUT2D eigenvalue weighted by atomic mass is 10.1. The number of benzene rings is 1. The van der Waals surface area contributed by atoms with Crippen LogP contribution in [0.2, 0.25) is 0 Å². The molecule has 3 rings (SSSR count). The maximum atomic E-state index is 13.5. The summed E-state index contributed by atoms with van der Waals surface area (Å²) >= 11 is 0. The molecule has 1 saturated heterocycles. The van der Waals surface area contributed by atoms with Crippen LogP contribution in [-0.2, 0) is 17.1 Å². The Morgan fingerprint density at radius 2 is 2.17 bits per heavy atom. The van der Waals surface area contributed by atoms with Gasteiger partial charge in [0, 0.05) is 26.3 Å². The molecular formula is C16H20FN3O3S. The first-order valence-electron chi connectivity index (χ1n) is 7.82. The number of sulfonamides is 1. The van der Waals surface area contributed by atoms with Gasteiger partial charge in [-0.3, -0.25) is 0 Å². The predicted octanol–water partition coefficient (Wildman–Crippen LogP) is 2.04. The van der Waals surface area contributed by atoms with Crippen LogP contribution in [0.15, 0.2) is 41.8 Å². The van der Waals surface area contributed by atoms with Crippen LogP contribution < -0.4 is 4.74 Å². The molecule has 1 aliphatic heterocycles. The van der Waals surface area contributed by atoms with E-state index in [1.54, 1.807) is 29.8 Å². The topological polar surface area (TPSA) is 64.4 Å². The van der Waals surface area contributed by atoms with Crippen molar-refractivity contribution in [1.29, 1.82) is 0 Å². The van der Waals surface area contributed by atoms with E-state index >= 15 is 0 Å². The van der Waals surface area contributed by atoms with Crippen LogP contribution in [0.25, 0.3) is 0 Å². The lowest BCUT2D eigenvalue weighted by molar-refractivity contribution is 0.269. The van der Waals surface area contributed by atoms with E-state index < -0.39 is 10.0 Å². The second-order valence-electron chi connectivity index (χ2n) is 5.96.